The number of carbonyl (C=O) groups is 1. The van der Waals surface area contributed by atoms with E-state index in [0.717, 1.165) is 50.3 Å². The van der Waals surface area contributed by atoms with Crippen LogP contribution in [0.5, 0.6) is 0 Å². The number of Topliss-reactive ketones (excluding diaryl/α,β-unsaturated/α-hetero) is 1. The minimum atomic E-state index is 0.0349. The Morgan fingerprint density at radius 1 is 0.947 bits per heavy atom. The fourth-order valence-corrected chi connectivity index (χ4v) is 3.19. The van der Waals surface area contributed by atoms with Crippen LogP contribution in [0.1, 0.15) is 41.7 Å². The SMILES string of the molecule is O=C1CCCc2c1ccc(=O)n2CCN1CCCC1. The quantitative estimate of drug-likeness (QED) is 0.826. The Kier molecular flexibility index (Phi) is 3.51. The maximum absolute atomic E-state index is 12.0. The zero-order valence-corrected chi connectivity index (χ0v) is 11.2. The number of aromatic nitrogens is 1. The summed E-state index contributed by atoms with van der Waals surface area (Å²) in [5, 5.41) is 0. The molecular weight excluding hydrogens is 240 g/mol. The fraction of sp³-hybridized carbons (Fsp3) is 0.600. The number of nitrogens with zero attached hydrogens (tertiary/aromatic N) is 2. The second-order valence-electron chi connectivity index (χ2n) is 5.51. The van der Waals surface area contributed by atoms with Crippen LogP contribution >= 0.6 is 0 Å². The number of hydrogen-bond donors (Lipinski definition) is 0. The lowest BCUT2D eigenvalue weighted by Gasteiger charge is -2.22. The van der Waals surface area contributed by atoms with Crippen LogP contribution in [0.3, 0.4) is 0 Å². The lowest BCUT2D eigenvalue weighted by molar-refractivity contribution is 0.0970. The number of carbonyl (C=O) groups excluding carboxylic acids is 1. The zero-order chi connectivity index (χ0) is 13.2. The highest BCUT2D eigenvalue weighted by Crippen LogP contribution is 2.19. The minimum Gasteiger partial charge on any atom is -0.311 e. The van der Waals surface area contributed by atoms with Crippen molar-refractivity contribution >= 4 is 5.78 Å². The van der Waals surface area contributed by atoms with Crippen LogP contribution in [0.2, 0.25) is 0 Å². The van der Waals surface area contributed by atoms with Gasteiger partial charge in [0.05, 0.1) is 0 Å². The number of ketones is 1. The van der Waals surface area contributed by atoms with Crippen molar-refractivity contribution in [1.82, 2.24) is 9.47 Å². The molecule has 4 nitrogen and oxygen atoms in total. The maximum atomic E-state index is 12.0. The van der Waals surface area contributed by atoms with Gasteiger partial charge in [-0.3, -0.25) is 9.59 Å². The summed E-state index contributed by atoms with van der Waals surface area (Å²) in [6.07, 6.45) is 4.88. The topological polar surface area (TPSA) is 42.3 Å². The molecule has 2 aliphatic rings. The van der Waals surface area contributed by atoms with E-state index in [4.69, 9.17) is 0 Å². The van der Waals surface area contributed by atoms with Gasteiger partial charge in [-0.1, -0.05) is 0 Å². The Hall–Kier alpha value is -1.42. The Bertz CT molecular complexity index is 542. The molecule has 0 bridgehead atoms. The molecule has 1 aromatic rings. The van der Waals surface area contributed by atoms with E-state index in [-0.39, 0.29) is 11.3 Å². The summed E-state index contributed by atoms with van der Waals surface area (Å²) < 4.78 is 1.82. The van der Waals surface area contributed by atoms with Gasteiger partial charge in [-0.2, -0.15) is 0 Å². The Morgan fingerprint density at radius 2 is 1.74 bits per heavy atom. The molecule has 19 heavy (non-hydrogen) atoms. The van der Waals surface area contributed by atoms with Crippen LogP contribution < -0.4 is 5.56 Å². The summed E-state index contributed by atoms with van der Waals surface area (Å²) in [6, 6.07) is 3.26. The number of likely N-dealkylation sites (tertiary alicyclic amines) is 1. The highest BCUT2D eigenvalue weighted by atomic mass is 16.1. The molecule has 3 rings (SSSR count). The molecule has 0 N–H and O–H groups in total. The molecule has 0 atom stereocenters. The van der Waals surface area contributed by atoms with E-state index in [0.29, 0.717) is 6.42 Å². The first kappa shape index (κ1) is 12.6. The molecule has 0 radical (unpaired) electrons. The molecule has 1 aliphatic carbocycles. The van der Waals surface area contributed by atoms with Crippen molar-refractivity contribution in [3.63, 3.8) is 0 Å². The van der Waals surface area contributed by atoms with Gasteiger partial charge in [0.25, 0.3) is 5.56 Å². The molecule has 102 valence electrons. The van der Waals surface area contributed by atoms with Crippen LogP contribution in [0.25, 0.3) is 0 Å². The van der Waals surface area contributed by atoms with Gasteiger partial charge in [0.2, 0.25) is 0 Å². The second kappa shape index (κ2) is 5.29. The van der Waals surface area contributed by atoms with Crippen LogP contribution in [0.4, 0.5) is 0 Å². The summed E-state index contributed by atoms with van der Waals surface area (Å²) in [4.78, 5) is 26.3. The summed E-state index contributed by atoms with van der Waals surface area (Å²) in [7, 11) is 0. The van der Waals surface area contributed by atoms with E-state index in [1.54, 1.807) is 12.1 Å². The third kappa shape index (κ3) is 2.50. The summed E-state index contributed by atoms with van der Waals surface area (Å²) in [6.45, 7) is 3.92. The van der Waals surface area contributed by atoms with E-state index in [1.807, 2.05) is 4.57 Å². The molecule has 1 aromatic heterocycles. The zero-order valence-electron chi connectivity index (χ0n) is 11.2. The van der Waals surface area contributed by atoms with Gasteiger partial charge in [0, 0.05) is 36.8 Å². The van der Waals surface area contributed by atoms with Crippen LogP contribution in [-0.2, 0) is 13.0 Å². The van der Waals surface area contributed by atoms with E-state index >= 15 is 0 Å². The maximum Gasteiger partial charge on any atom is 0.250 e. The van der Waals surface area contributed by atoms with Crippen molar-refractivity contribution in [3.8, 4) is 0 Å². The number of pyridine rings is 1. The molecule has 2 heterocycles. The van der Waals surface area contributed by atoms with Gasteiger partial charge >= 0.3 is 0 Å². The van der Waals surface area contributed by atoms with E-state index < -0.39 is 0 Å². The van der Waals surface area contributed by atoms with Gasteiger partial charge in [0.15, 0.2) is 5.78 Å². The van der Waals surface area contributed by atoms with Crippen molar-refractivity contribution in [2.45, 2.75) is 38.6 Å². The highest BCUT2D eigenvalue weighted by molar-refractivity contribution is 5.97. The number of fused-ring (bicyclic) bond motifs is 1. The van der Waals surface area contributed by atoms with Crippen LogP contribution in [0.15, 0.2) is 16.9 Å². The molecule has 0 aromatic carbocycles. The Morgan fingerprint density at radius 3 is 2.53 bits per heavy atom. The van der Waals surface area contributed by atoms with Crippen LogP contribution in [0, 0.1) is 0 Å². The lowest BCUT2D eigenvalue weighted by atomic mass is 9.94. The highest BCUT2D eigenvalue weighted by Gasteiger charge is 2.21. The molecule has 0 unspecified atom stereocenters. The van der Waals surface area contributed by atoms with Gasteiger partial charge in [-0.25, -0.2) is 0 Å². The average molecular weight is 260 g/mol. The van der Waals surface area contributed by atoms with Crippen LogP contribution in [-0.4, -0.2) is 34.9 Å². The third-order valence-corrected chi connectivity index (χ3v) is 4.25. The summed E-state index contributed by atoms with van der Waals surface area (Å²) in [5.41, 5.74) is 1.77. The third-order valence-electron chi connectivity index (χ3n) is 4.25. The predicted octanol–water partition coefficient (Wildman–Crippen LogP) is 1.46. The molecule has 1 fully saturated rings. The first-order chi connectivity index (χ1) is 9.25. The van der Waals surface area contributed by atoms with E-state index in [9.17, 15) is 9.59 Å². The lowest BCUT2D eigenvalue weighted by Crippen LogP contribution is -2.32. The molecule has 0 saturated carbocycles. The fourth-order valence-electron chi connectivity index (χ4n) is 3.19. The largest absolute Gasteiger partial charge is 0.311 e. The molecular formula is C15H20N2O2. The number of rotatable bonds is 3. The van der Waals surface area contributed by atoms with E-state index in [1.165, 1.54) is 12.8 Å². The Balaban J connectivity index is 1.85. The molecule has 1 saturated heterocycles. The first-order valence-electron chi connectivity index (χ1n) is 7.24. The van der Waals surface area contributed by atoms with Crippen molar-refractivity contribution < 1.29 is 4.79 Å². The first-order valence-corrected chi connectivity index (χ1v) is 7.24. The second-order valence-corrected chi connectivity index (χ2v) is 5.51. The smallest absolute Gasteiger partial charge is 0.250 e. The van der Waals surface area contributed by atoms with Gasteiger partial charge in [0.1, 0.15) is 0 Å². The van der Waals surface area contributed by atoms with Crippen molar-refractivity contribution in [1.29, 1.82) is 0 Å². The number of hydrogen-bond acceptors (Lipinski definition) is 3. The predicted molar refractivity (Wildman–Crippen MR) is 73.6 cm³/mol. The molecule has 0 amide bonds. The van der Waals surface area contributed by atoms with Gasteiger partial charge < -0.3 is 9.47 Å². The van der Waals surface area contributed by atoms with Crippen molar-refractivity contribution in [2.75, 3.05) is 19.6 Å². The average Bonchev–Trinajstić information content (AvgIpc) is 2.91. The normalized spacial score (nSPS) is 19.7. The monoisotopic (exact) mass is 260 g/mol. The summed E-state index contributed by atoms with van der Waals surface area (Å²) in [5.74, 6) is 0.191. The van der Waals surface area contributed by atoms with E-state index in [2.05, 4.69) is 4.90 Å². The van der Waals surface area contributed by atoms with Crippen molar-refractivity contribution in [2.24, 2.45) is 0 Å². The molecule has 4 heteroatoms. The minimum absolute atomic E-state index is 0.0349. The standard InChI is InChI=1S/C15H20N2O2/c18-14-5-3-4-13-12(14)6-7-15(19)17(13)11-10-16-8-1-2-9-16/h6-7H,1-5,8-11H2. The van der Waals surface area contributed by atoms with Crippen molar-refractivity contribution in [3.05, 3.63) is 33.7 Å². The summed E-state index contributed by atoms with van der Waals surface area (Å²) >= 11 is 0. The van der Waals surface area contributed by atoms with Gasteiger partial charge in [-0.15, -0.1) is 0 Å². The Labute approximate surface area is 113 Å². The molecule has 1 aliphatic heterocycles. The molecule has 0 spiro atoms. The van der Waals surface area contributed by atoms with Gasteiger partial charge in [-0.05, 0) is 44.8 Å².